The molecule has 0 saturated carbocycles. The number of ether oxygens (including phenoxy) is 1. The van der Waals surface area contributed by atoms with Crippen LogP contribution >= 0.6 is 15.9 Å². The molecule has 0 aliphatic rings. The third-order valence-corrected chi connectivity index (χ3v) is 4.17. The molecule has 0 saturated heterocycles. The van der Waals surface area contributed by atoms with Gasteiger partial charge >= 0.3 is 0 Å². The molecule has 0 fully saturated rings. The zero-order chi connectivity index (χ0) is 13.8. The average molecular weight is 338 g/mol. The molecule has 0 bridgehead atoms. The van der Waals surface area contributed by atoms with Crippen LogP contribution in [0.5, 0.6) is 0 Å². The lowest BCUT2D eigenvalue weighted by molar-refractivity contribution is -0.0119. The first-order chi connectivity index (χ1) is 8.27. The molecule has 0 heterocycles. The molecule has 1 atom stereocenters. The Morgan fingerprint density at radius 2 is 1.94 bits per heavy atom. The summed E-state index contributed by atoms with van der Waals surface area (Å²) < 4.78 is 31.8. The summed E-state index contributed by atoms with van der Waals surface area (Å²) in [5.74, 6) is 0. The van der Waals surface area contributed by atoms with E-state index in [0.29, 0.717) is 0 Å². The molecule has 1 rings (SSSR count). The van der Waals surface area contributed by atoms with E-state index in [4.69, 9.17) is 4.74 Å². The van der Waals surface area contributed by atoms with Crippen LogP contribution in [0.2, 0.25) is 0 Å². The van der Waals surface area contributed by atoms with Crippen LogP contribution in [0.25, 0.3) is 0 Å². The number of rotatable bonds is 6. The van der Waals surface area contributed by atoms with Gasteiger partial charge < -0.3 is 9.84 Å². The summed E-state index contributed by atoms with van der Waals surface area (Å²) in [7, 11) is -2.17. The first-order valence-corrected chi connectivity index (χ1v) is 7.51. The van der Waals surface area contributed by atoms with Crippen molar-refractivity contribution in [3.63, 3.8) is 0 Å². The zero-order valence-electron chi connectivity index (χ0n) is 10.2. The predicted octanol–water partition coefficient (Wildman–Crippen LogP) is 1.12. The molecule has 0 spiro atoms. The van der Waals surface area contributed by atoms with Crippen LogP contribution in [0.3, 0.4) is 0 Å². The van der Waals surface area contributed by atoms with Gasteiger partial charge in [0.1, 0.15) is 0 Å². The second kappa shape index (κ2) is 6.12. The van der Waals surface area contributed by atoms with Crippen molar-refractivity contribution in [1.82, 2.24) is 4.72 Å². The Labute approximate surface area is 115 Å². The van der Waals surface area contributed by atoms with E-state index in [-0.39, 0.29) is 18.0 Å². The Morgan fingerprint density at radius 1 is 1.39 bits per heavy atom. The molecule has 1 unspecified atom stereocenters. The maximum absolute atomic E-state index is 11.9. The molecule has 5 nitrogen and oxygen atoms in total. The second-order valence-electron chi connectivity index (χ2n) is 4.21. The van der Waals surface area contributed by atoms with Gasteiger partial charge in [0.15, 0.2) is 0 Å². The van der Waals surface area contributed by atoms with Crippen LogP contribution in [0, 0.1) is 0 Å². The van der Waals surface area contributed by atoms with Crippen molar-refractivity contribution in [1.29, 1.82) is 0 Å². The Kier molecular flexibility index (Phi) is 5.30. The fraction of sp³-hybridized carbons (Fsp3) is 0.455. The average Bonchev–Trinajstić information content (AvgIpc) is 2.27. The van der Waals surface area contributed by atoms with Crippen LogP contribution in [0.4, 0.5) is 0 Å². The first-order valence-electron chi connectivity index (χ1n) is 5.23. The van der Waals surface area contributed by atoms with E-state index in [0.717, 1.165) is 4.47 Å². The molecule has 7 heteroatoms. The lowest BCUT2D eigenvalue weighted by Gasteiger charge is -2.22. The van der Waals surface area contributed by atoms with E-state index in [9.17, 15) is 13.5 Å². The first kappa shape index (κ1) is 15.6. The summed E-state index contributed by atoms with van der Waals surface area (Å²) in [6.45, 7) is 1.44. The maximum Gasteiger partial charge on any atom is 0.240 e. The number of sulfonamides is 1. The van der Waals surface area contributed by atoms with Gasteiger partial charge in [0, 0.05) is 18.1 Å². The van der Waals surface area contributed by atoms with Gasteiger partial charge in [-0.05, 0) is 31.2 Å². The molecule has 102 valence electrons. The minimum absolute atomic E-state index is 0.0514. The van der Waals surface area contributed by atoms with Crippen molar-refractivity contribution in [2.75, 3.05) is 20.3 Å². The van der Waals surface area contributed by atoms with Crippen molar-refractivity contribution in [2.24, 2.45) is 0 Å². The van der Waals surface area contributed by atoms with Crippen molar-refractivity contribution < 1.29 is 18.3 Å². The highest BCUT2D eigenvalue weighted by atomic mass is 79.9. The number of nitrogens with one attached hydrogen (secondary N) is 1. The third kappa shape index (κ3) is 4.66. The van der Waals surface area contributed by atoms with E-state index in [1.807, 2.05) is 0 Å². The van der Waals surface area contributed by atoms with Gasteiger partial charge in [-0.2, -0.15) is 0 Å². The molecule has 0 aliphatic heterocycles. The zero-order valence-corrected chi connectivity index (χ0v) is 12.6. The highest BCUT2D eigenvalue weighted by Crippen LogP contribution is 2.15. The number of hydrogen-bond acceptors (Lipinski definition) is 4. The molecule has 0 amide bonds. The summed E-state index contributed by atoms with van der Waals surface area (Å²) in [4.78, 5) is 0.152. The quantitative estimate of drug-likeness (QED) is 0.815. The molecular weight excluding hydrogens is 322 g/mol. The fourth-order valence-electron chi connectivity index (χ4n) is 1.31. The number of methoxy groups -OCH3 is 1. The SMILES string of the molecule is COCC(C)(O)CNS(=O)(=O)c1ccc(Br)cc1. The van der Waals surface area contributed by atoms with E-state index in [1.165, 1.54) is 26.2 Å². The molecule has 2 N–H and O–H groups in total. The predicted molar refractivity (Wildman–Crippen MR) is 71.8 cm³/mol. The van der Waals surface area contributed by atoms with Crippen LogP contribution < -0.4 is 4.72 Å². The van der Waals surface area contributed by atoms with Gasteiger partial charge in [0.05, 0.1) is 17.1 Å². The maximum atomic E-state index is 11.9. The smallest absolute Gasteiger partial charge is 0.240 e. The van der Waals surface area contributed by atoms with Gasteiger partial charge in [-0.3, -0.25) is 0 Å². The topological polar surface area (TPSA) is 75.6 Å². The minimum Gasteiger partial charge on any atom is -0.386 e. The molecule has 1 aromatic carbocycles. The summed E-state index contributed by atoms with van der Waals surface area (Å²) in [5, 5.41) is 9.81. The number of hydrogen-bond donors (Lipinski definition) is 2. The standard InChI is InChI=1S/C11H16BrNO4S/c1-11(14,8-17-2)7-13-18(15,16)10-5-3-9(12)4-6-10/h3-6,13-14H,7-8H2,1-2H3. The normalized spacial score (nSPS) is 15.3. The van der Waals surface area contributed by atoms with Crippen LogP contribution in [0.15, 0.2) is 33.6 Å². The fourth-order valence-corrected chi connectivity index (χ4v) is 2.74. The Balaban J connectivity index is 2.74. The lowest BCUT2D eigenvalue weighted by atomic mass is 10.1. The van der Waals surface area contributed by atoms with Crippen LogP contribution in [-0.2, 0) is 14.8 Å². The van der Waals surface area contributed by atoms with Crippen molar-refractivity contribution in [3.05, 3.63) is 28.7 Å². The Bertz CT molecular complexity index is 484. The minimum atomic E-state index is -3.61. The summed E-state index contributed by atoms with van der Waals surface area (Å²) in [6.07, 6.45) is 0. The van der Waals surface area contributed by atoms with Crippen LogP contribution in [-0.4, -0.2) is 39.4 Å². The van der Waals surface area contributed by atoms with Gasteiger partial charge in [-0.25, -0.2) is 13.1 Å². The molecule has 1 aromatic rings. The van der Waals surface area contributed by atoms with Crippen molar-refractivity contribution >= 4 is 26.0 Å². The van der Waals surface area contributed by atoms with Crippen LogP contribution in [0.1, 0.15) is 6.92 Å². The Morgan fingerprint density at radius 3 is 2.44 bits per heavy atom. The highest BCUT2D eigenvalue weighted by molar-refractivity contribution is 9.10. The summed E-state index contributed by atoms with van der Waals surface area (Å²) in [5.41, 5.74) is -1.24. The highest BCUT2D eigenvalue weighted by Gasteiger charge is 2.24. The number of benzene rings is 1. The summed E-state index contributed by atoms with van der Waals surface area (Å²) in [6, 6.07) is 6.25. The van der Waals surface area contributed by atoms with Crippen molar-refractivity contribution in [2.45, 2.75) is 17.4 Å². The monoisotopic (exact) mass is 337 g/mol. The largest absolute Gasteiger partial charge is 0.386 e. The molecule has 0 aromatic heterocycles. The van der Waals surface area contributed by atoms with E-state index in [1.54, 1.807) is 12.1 Å². The van der Waals surface area contributed by atoms with E-state index < -0.39 is 15.6 Å². The molecule has 0 aliphatic carbocycles. The number of aliphatic hydroxyl groups is 1. The molecule has 0 radical (unpaired) electrons. The Hall–Kier alpha value is -0.470. The molecular formula is C11H16BrNO4S. The third-order valence-electron chi connectivity index (χ3n) is 2.22. The summed E-state index contributed by atoms with van der Waals surface area (Å²) >= 11 is 3.23. The number of halogens is 1. The lowest BCUT2D eigenvalue weighted by Crippen LogP contribution is -2.43. The van der Waals surface area contributed by atoms with Gasteiger partial charge in [-0.15, -0.1) is 0 Å². The van der Waals surface area contributed by atoms with Gasteiger partial charge in [-0.1, -0.05) is 15.9 Å². The molecule has 18 heavy (non-hydrogen) atoms. The van der Waals surface area contributed by atoms with Gasteiger partial charge in [0.2, 0.25) is 10.0 Å². The van der Waals surface area contributed by atoms with Crippen molar-refractivity contribution in [3.8, 4) is 0 Å². The van der Waals surface area contributed by atoms with Gasteiger partial charge in [0.25, 0.3) is 0 Å². The van der Waals surface area contributed by atoms with E-state index in [2.05, 4.69) is 20.7 Å². The van der Waals surface area contributed by atoms with E-state index >= 15 is 0 Å². The second-order valence-corrected chi connectivity index (χ2v) is 6.89.